The number of nitrogens with one attached hydrogen (secondary N) is 3. The second kappa shape index (κ2) is 12.3. The molecular weight excluding hydrogens is 452 g/mol. The van der Waals surface area contributed by atoms with Crippen molar-refractivity contribution in [1.82, 2.24) is 20.1 Å². The van der Waals surface area contributed by atoms with E-state index in [-0.39, 0.29) is 0 Å². The molecule has 1 aliphatic rings. The molecule has 0 amide bonds. The third-order valence-electron chi connectivity index (χ3n) is 5.43. The van der Waals surface area contributed by atoms with Crippen molar-refractivity contribution in [3.05, 3.63) is 53.9 Å². The van der Waals surface area contributed by atoms with Crippen LogP contribution in [0.25, 0.3) is 0 Å². The molecule has 0 bridgehead atoms. The van der Waals surface area contributed by atoms with Crippen LogP contribution in [0.15, 0.2) is 47.5 Å². The Bertz CT molecular complexity index is 1100. The number of aromatic nitrogens is 1. The van der Waals surface area contributed by atoms with Gasteiger partial charge < -0.3 is 15.5 Å². The van der Waals surface area contributed by atoms with E-state index in [1.807, 2.05) is 13.0 Å². The van der Waals surface area contributed by atoms with E-state index in [0.717, 1.165) is 63.3 Å². The summed E-state index contributed by atoms with van der Waals surface area (Å²) < 4.78 is 25.0. The average molecular weight is 485 g/mol. The fourth-order valence-corrected chi connectivity index (χ4v) is 4.28. The van der Waals surface area contributed by atoms with Gasteiger partial charge in [0, 0.05) is 75.0 Å². The molecular formula is C23H32N8O2S. The van der Waals surface area contributed by atoms with Gasteiger partial charge >= 0.3 is 0 Å². The third kappa shape index (κ3) is 8.97. The fourth-order valence-electron chi connectivity index (χ4n) is 3.71. The summed E-state index contributed by atoms with van der Waals surface area (Å²) in [6.07, 6.45) is 3.87. The van der Waals surface area contributed by atoms with Crippen LogP contribution in [0.2, 0.25) is 0 Å². The maximum atomic E-state index is 11.3. The molecule has 0 atom stereocenters. The number of rotatable bonds is 9. The van der Waals surface area contributed by atoms with Gasteiger partial charge in [-0.2, -0.15) is 5.26 Å². The van der Waals surface area contributed by atoms with Gasteiger partial charge in [-0.05, 0) is 43.3 Å². The lowest BCUT2D eigenvalue weighted by molar-refractivity contribution is 0.135. The number of nitrogens with zero attached hydrogens (tertiary/aromatic N) is 5. The summed E-state index contributed by atoms with van der Waals surface area (Å²) in [6, 6.07) is 12.9. The number of sulfonamides is 1. The number of pyridine rings is 1. The Morgan fingerprint density at radius 3 is 2.32 bits per heavy atom. The Morgan fingerprint density at radius 2 is 1.71 bits per heavy atom. The Kier molecular flexibility index (Phi) is 9.21. The number of hydrogen-bond acceptors (Lipinski definition) is 7. The summed E-state index contributed by atoms with van der Waals surface area (Å²) in [5.74, 6) is 0.357. The summed E-state index contributed by atoms with van der Waals surface area (Å²) in [5, 5.41) is 15.2. The highest BCUT2D eigenvalue weighted by atomic mass is 32.2. The smallest absolute Gasteiger partial charge is 0.229 e. The van der Waals surface area contributed by atoms with Crippen molar-refractivity contribution in [3.8, 4) is 6.19 Å². The van der Waals surface area contributed by atoms with Crippen LogP contribution in [0, 0.1) is 18.4 Å². The first kappa shape index (κ1) is 25.4. The quantitative estimate of drug-likeness (QED) is 0.277. The number of aliphatic imine (C=N–C) groups is 1. The minimum absolute atomic E-state index is 0.357. The average Bonchev–Trinajstić information content (AvgIpc) is 2.79. The second-order valence-corrected chi connectivity index (χ2v) is 10.0. The maximum absolute atomic E-state index is 11.3. The van der Waals surface area contributed by atoms with Crippen molar-refractivity contribution in [2.75, 3.05) is 62.1 Å². The predicted molar refractivity (Wildman–Crippen MR) is 135 cm³/mol. The van der Waals surface area contributed by atoms with E-state index in [2.05, 4.69) is 47.3 Å². The van der Waals surface area contributed by atoms with Crippen LogP contribution in [-0.4, -0.2) is 81.2 Å². The highest BCUT2D eigenvalue weighted by molar-refractivity contribution is 7.92. The van der Waals surface area contributed by atoms with Crippen LogP contribution in [0.4, 0.5) is 11.4 Å². The lowest BCUT2D eigenvalue weighted by atomic mass is 10.2. The van der Waals surface area contributed by atoms with Gasteiger partial charge in [0.1, 0.15) is 0 Å². The van der Waals surface area contributed by atoms with E-state index < -0.39 is 10.0 Å². The molecule has 1 aromatic carbocycles. The molecule has 34 heavy (non-hydrogen) atoms. The minimum Gasteiger partial charge on any atom is -0.354 e. The van der Waals surface area contributed by atoms with Gasteiger partial charge in [0.05, 0.1) is 6.26 Å². The van der Waals surface area contributed by atoms with Crippen LogP contribution < -0.4 is 15.4 Å². The van der Waals surface area contributed by atoms with Crippen LogP contribution in [-0.2, 0) is 16.4 Å². The normalized spacial score (nSPS) is 15.5. The topological polar surface area (TPSA) is 126 Å². The molecule has 1 saturated heterocycles. The van der Waals surface area contributed by atoms with Crippen LogP contribution in [0.1, 0.15) is 11.4 Å². The number of nitriles is 1. The molecule has 0 spiro atoms. The fraction of sp³-hybridized carbons (Fsp3) is 0.435. The third-order valence-corrected chi connectivity index (χ3v) is 6.03. The number of anilines is 2. The van der Waals surface area contributed by atoms with E-state index >= 15 is 0 Å². The molecule has 3 N–H and O–H groups in total. The zero-order valence-electron chi connectivity index (χ0n) is 19.7. The molecule has 0 aliphatic carbocycles. The summed E-state index contributed by atoms with van der Waals surface area (Å²) in [7, 11) is -3.33. The molecule has 1 aliphatic heterocycles. The Balaban J connectivity index is 1.38. The summed E-state index contributed by atoms with van der Waals surface area (Å²) in [5.41, 5.74) is 3.36. The van der Waals surface area contributed by atoms with Gasteiger partial charge in [0.25, 0.3) is 0 Å². The maximum Gasteiger partial charge on any atom is 0.229 e. The highest BCUT2D eigenvalue weighted by Gasteiger charge is 2.16. The molecule has 3 rings (SSSR count). The molecule has 2 heterocycles. The van der Waals surface area contributed by atoms with E-state index in [9.17, 15) is 8.42 Å². The molecule has 1 fully saturated rings. The first-order chi connectivity index (χ1) is 16.3. The first-order valence-electron chi connectivity index (χ1n) is 11.2. The van der Waals surface area contributed by atoms with Crippen LogP contribution in [0.5, 0.6) is 0 Å². The Hall–Kier alpha value is -3.20. The first-order valence-corrected chi connectivity index (χ1v) is 13.1. The monoisotopic (exact) mass is 484 g/mol. The number of aryl methyl sites for hydroxylation is 1. The number of benzene rings is 1. The molecule has 0 radical (unpaired) electrons. The van der Waals surface area contributed by atoms with Gasteiger partial charge in [-0.3, -0.25) is 14.6 Å². The molecule has 0 saturated carbocycles. The number of guanidine groups is 1. The molecule has 1 aromatic heterocycles. The van der Waals surface area contributed by atoms with Gasteiger partial charge in [-0.15, -0.1) is 4.99 Å². The van der Waals surface area contributed by atoms with E-state index in [0.29, 0.717) is 23.9 Å². The van der Waals surface area contributed by atoms with Crippen LogP contribution >= 0.6 is 0 Å². The molecule has 2 aromatic rings. The predicted octanol–water partition coefficient (Wildman–Crippen LogP) is 1.46. The summed E-state index contributed by atoms with van der Waals surface area (Å²) in [6.45, 7) is 8.57. The number of piperazine rings is 1. The largest absolute Gasteiger partial charge is 0.354 e. The second-order valence-electron chi connectivity index (χ2n) is 8.27. The lowest BCUT2D eigenvalue weighted by Crippen LogP contribution is -2.49. The van der Waals surface area contributed by atoms with Crippen molar-refractivity contribution in [2.24, 2.45) is 4.99 Å². The van der Waals surface area contributed by atoms with Crippen molar-refractivity contribution in [1.29, 1.82) is 5.26 Å². The lowest BCUT2D eigenvalue weighted by Gasteiger charge is -2.34. The SMILES string of the molecule is Cc1cccc(CCN2CCN(CCN/C(=N\C#N)Nc3ccc(NS(C)(=O)=O)cc3)CC2)n1. The van der Waals surface area contributed by atoms with Crippen molar-refractivity contribution in [2.45, 2.75) is 13.3 Å². The van der Waals surface area contributed by atoms with Crippen molar-refractivity contribution >= 4 is 27.4 Å². The molecule has 0 unspecified atom stereocenters. The Labute approximate surface area is 201 Å². The number of hydrogen-bond donors (Lipinski definition) is 3. The van der Waals surface area contributed by atoms with Gasteiger partial charge in [-0.1, -0.05) is 6.07 Å². The van der Waals surface area contributed by atoms with Gasteiger partial charge in [0.2, 0.25) is 22.2 Å². The molecule has 11 heteroatoms. The summed E-state index contributed by atoms with van der Waals surface area (Å²) >= 11 is 0. The highest BCUT2D eigenvalue weighted by Crippen LogP contribution is 2.14. The van der Waals surface area contributed by atoms with E-state index in [4.69, 9.17) is 5.26 Å². The standard InChI is InChI=1S/C23H32N8O2S/c1-19-4-3-5-20(27-19)10-12-30-14-16-31(17-15-30)13-11-25-23(26-18-24)28-21-6-8-22(9-7-21)29-34(2,32)33/h3-9,29H,10-17H2,1-2H3,(H2,25,26,28). The van der Waals surface area contributed by atoms with Crippen molar-refractivity contribution < 1.29 is 8.42 Å². The van der Waals surface area contributed by atoms with Gasteiger partial charge in [0.15, 0.2) is 0 Å². The Morgan fingerprint density at radius 1 is 1.06 bits per heavy atom. The van der Waals surface area contributed by atoms with Gasteiger partial charge in [-0.25, -0.2) is 8.42 Å². The molecule has 10 nitrogen and oxygen atoms in total. The molecule has 182 valence electrons. The van der Waals surface area contributed by atoms with E-state index in [1.54, 1.807) is 30.5 Å². The zero-order chi connectivity index (χ0) is 24.4. The minimum atomic E-state index is -3.33. The zero-order valence-corrected chi connectivity index (χ0v) is 20.5. The van der Waals surface area contributed by atoms with Crippen molar-refractivity contribution in [3.63, 3.8) is 0 Å². The van der Waals surface area contributed by atoms with E-state index in [1.165, 1.54) is 0 Å². The van der Waals surface area contributed by atoms with Crippen LogP contribution in [0.3, 0.4) is 0 Å². The summed E-state index contributed by atoms with van der Waals surface area (Å²) in [4.78, 5) is 13.3.